The van der Waals surface area contributed by atoms with Gasteiger partial charge in [-0.25, -0.2) is 9.59 Å². The van der Waals surface area contributed by atoms with Crippen LogP contribution in [-0.4, -0.2) is 54.4 Å². The van der Waals surface area contributed by atoms with Crippen LogP contribution in [0.4, 0.5) is 10.5 Å². The molecule has 6 nitrogen and oxygen atoms in total. The van der Waals surface area contributed by atoms with Crippen molar-refractivity contribution in [3.05, 3.63) is 29.8 Å². The van der Waals surface area contributed by atoms with E-state index in [1.165, 1.54) is 4.90 Å². The SMILES string of the molecule is CCOC(=O)c1ccc(N2CC3CN(C(=O)O)CC32)cc1. The lowest BCUT2D eigenvalue weighted by Gasteiger charge is -2.45. The molecule has 2 aliphatic heterocycles. The first-order valence-corrected chi connectivity index (χ1v) is 7.12. The number of hydrogen-bond acceptors (Lipinski definition) is 4. The molecule has 0 radical (unpaired) electrons. The molecule has 1 aromatic rings. The molecule has 1 amide bonds. The number of carbonyl (C=O) groups excluding carboxylic acids is 1. The van der Waals surface area contributed by atoms with Crippen molar-refractivity contribution in [2.45, 2.75) is 13.0 Å². The average molecular weight is 290 g/mol. The van der Waals surface area contributed by atoms with Crippen molar-refractivity contribution >= 4 is 17.7 Å². The van der Waals surface area contributed by atoms with Crippen molar-refractivity contribution in [1.82, 2.24) is 4.90 Å². The Morgan fingerprint density at radius 1 is 1.24 bits per heavy atom. The van der Waals surface area contributed by atoms with Crippen molar-refractivity contribution in [2.24, 2.45) is 5.92 Å². The molecule has 0 saturated carbocycles. The second kappa shape index (κ2) is 5.27. The maximum atomic E-state index is 11.6. The molecule has 2 aliphatic rings. The lowest BCUT2D eigenvalue weighted by Crippen LogP contribution is -2.55. The molecule has 6 heteroatoms. The van der Waals surface area contributed by atoms with E-state index in [9.17, 15) is 9.59 Å². The van der Waals surface area contributed by atoms with Gasteiger partial charge in [0.15, 0.2) is 0 Å². The molecule has 0 aliphatic carbocycles. The van der Waals surface area contributed by atoms with Gasteiger partial charge in [-0.2, -0.15) is 0 Å². The van der Waals surface area contributed by atoms with Crippen LogP contribution in [0.2, 0.25) is 0 Å². The first kappa shape index (κ1) is 13.7. The topological polar surface area (TPSA) is 70.1 Å². The minimum absolute atomic E-state index is 0.259. The third kappa shape index (κ3) is 2.41. The largest absolute Gasteiger partial charge is 0.465 e. The highest BCUT2D eigenvalue weighted by Gasteiger charge is 2.47. The predicted molar refractivity (Wildman–Crippen MR) is 76.6 cm³/mol. The zero-order valence-corrected chi connectivity index (χ0v) is 11.9. The second-order valence-electron chi connectivity index (χ2n) is 5.43. The molecule has 0 aromatic heterocycles. The molecule has 21 heavy (non-hydrogen) atoms. The van der Waals surface area contributed by atoms with Gasteiger partial charge in [0.25, 0.3) is 0 Å². The van der Waals surface area contributed by atoms with Gasteiger partial charge in [0.1, 0.15) is 0 Å². The molecule has 2 saturated heterocycles. The van der Waals surface area contributed by atoms with Crippen molar-refractivity contribution < 1.29 is 19.4 Å². The third-order valence-corrected chi connectivity index (χ3v) is 4.22. The van der Waals surface area contributed by atoms with Crippen molar-refractivity contribution in [3.63, 3.8) is 0 Å². The van der Waals surface area contributed by atoms with Gasteiger partial charge in [-0.15, -0.1) is 0 Å². The van der Waals surface area contributed by atoms with Gasteiger partial charge in [-0.1, -0.05) is 0 Å². The molecular formula is C15H18N2O4. The number of ether oxygens (including phenoxy) is 1. The van der Waals surface area contributed by atoms with E-state index in [0.29, 0.717) is 31.2 Å². The predicted octanol–water partition coefficient (Wildman–Crippen LogP) is 1.66. The van der Waals surface area contributed by atoms with Crippen LogP contribution < -0.4 is 4.90 Å². The Hall–Kier alpha value is -2.24. The number of nitrogens with zero attached hydrogens (tertiary/aromatic N) is 2. The number of benzene rings is 1. The zero-order chi connectivity index (χ0) is 15.0. The number of likely N-dealkylation sites (tertiary alicyclic amines) is 1. The summed E-state index contributed by atoms with van der Waals surface area (Å²) in [6.45, 7) is 4.19. The van der Waals surface area contributed by atoms with Gasteiger partial charge < -0.3 is 19.6 Å². The van der Waals surface area contributed by atoms with Crippen molar-refractivity contribution in [1.29, 1.82) is 0 Å². The van der Waals surface area contributed by atoms with Crippen LogP contribution in [0.15, 0.2) is 24.3 Å². The molecular weight excluding hydrogens is 272 g/mol. The maximum absolute atomic E-state index is 11.6. The van der Waals surface area contributed by atoms with E-state index in [-0.39, 0.29) is 12.0 Å². The van der Waals surface area contributed by atoms with Crippen LogP contribution in [0.25, 0.3) is 0 Å². The van der Waals surface area contributed by atoms with Gasteiger partial charge in [-0.3, -0.25) is 0 Å². The Labute approximate surface area is 122 Å². The number of rotatable bonds is 3. The van der Waals surface area contributed by atoms with Crippen LogP contribution in [0.3, 0.4) is 0 Å². The Bertz CT molecular complexity index is 557. The fraction of sp³-hybridized carbons (Fsp3) is 0.467. The third-order valence-electron chi connectivity index (χ3n) is 4.22. The molecule has 2 heterocycles. The standard InChI is InChI=1S/C15H18N2O4/c1-2-21-14(18)10-3-5-12(6-4-10)17-8-11-7-16(15(19)20)9-13(11)17/h3-6,11,13H,2,7-9H2,1H3,(H,19,20). The molecule has 2 unspecified atom stereocenters. The monoisotopic (exact) mass is 290 g/mol. The number of amides is 1. The van der Waals surface area contributed by atoms with E-state index >= 15 is 0 Å². The second-order valence-corrected chi connectivity index (χ2v) is 5.43. The minimum Gasteiger partial charge on any atom is -0.465 e. The van der Waals surface area contributed by atoms with E-state index in [1.807, 2.05) is 12.1 Å². The summed E-state index contributed by atoms with van der Waals surface area (Å²) in [4.78, 5) is 26.3. The average Bonchev–Trinajstić information content (AvgIpc) is 2.78. The van der Waals surface area contributed by atoms with Gasteiger partial charge in [0, 0.05) is 31.2 Å². The zero-order valence-electron chi connectivity index (χ0n) is 11.9. The van der Waals surface area contributed by atoms with Crippen LogP contribution in [0.5, 0.6) is 0 Å². The van der Waals surface area contributed by atoms with E-state index in [1.54, 1.807) is 19.1 Å². The summed E-state index contributed by atoms with van der Waals surface area (Å²) in [6.07, 6.45) is -0.845. The Morgan fingerprint density at radius 3 is 2.57 bits per heavy atom. The lowest BCUT2D eigenvalue weighted by atomic mass is 9.91. The highest BCUT2D eigenvalue weighted by atomic mass is 16.5. The summed E-state index contributed by atoms with van der Waals surface area (Å²) in [5.41, 5.74) is 1.56. The van der Waals surface area contributed by atoms with Gasteiger partial charge >= 0.3 is 12.1 Å². The first-order valence-electron chi connectivity index (χ1n) is 7.12. The number of esters is 1. The van der Waals surface area contributed by atoms with Crippen molar-refractivity contribution in [2.75, 3.05) is 31.1 Å². The quantitative estimate of drug-likeness (QED) is 0.857. The summed E-state index contributed by atoms with van der Waals surface area (Å²) in [5.74, 6) is 0.106. The van der Waals surface area contributed by atoms with E-state index < -0.39 is 6.09 Å². The summed E-state index contributed by atoms with van der Waals surface area (Å²) < 4.78 is 4.95. The fourth-order valence-corrected chi connectivity index (χ4v) is 3.09. The number of carboxylic acid groups (broad SMARTS) is 1. The smallest absolute Gasteiger partial charge is 0.407 e. The van der Waals surface area contributed by atoms with Gasteiger partial charge in [0.2, 0.25) is 0 Å². The highest BCUT2D eigenvalue weighted by molar-refractivity contribution is 5.89. The van der Waals surface area contributed by atoms with Crippen LogP contribution >= 0.6 is 0 Å². The molecule has 2 atom stereocenters. The first-order chi connectivity index (χ1) is 10.1. The summed E-state index contributed by atoms with van der Waals surface area (Å²) in [7, 11) is 0. The number of anilines is 1. The summed E-state index contributed by atoms with van der Waals surface area (Å²) in [6, 6.07) is 7.56. The number of hydrogen-bond donors (Lipinski definition) is 1. The van der Waals surface area contributed by atoms with E-state index in [4.69, 9.17) is 9.84 Å². The lowest BCUT2D eigenvalue weighted by molar-refractivity contribution is 0.0526. The molecule has 1 aromatic carbocycles. The molecule has 2 fully saturated rings. The maximum Gasteiger partial charge on any atom is 0.407 e. The Morgan fingerprint density at radius 2 is 1.95 bits per heavy atom. The highest BCUT2D eigenvalue weighted by Crippen LogP contribution is 2.36. The molecule has 3 rings (SSSR count). The van der Waals surface area contributed by atoms with Crippen LogP contribution in [-0.2, 0) is 4.74 Å². The van der Waals surface area contributed by atoms with Crippen LogP contribution in [0, 0.1) is 5.92 Å². The van der Waals surface area contributed by atoms with Gasteiger partial charge in [-0.05, 0) is 31.2 Å². The number of fused-ring (bicyclic) bond motifs is 1. The summed E-state index contributed by atoms with van der Waals surface area (Å²) >= 11 is 0. The molecule has 0 spiro atoms. The Kier molecular flexibility index (Phi) is 3.45. The van der Waals surface area contributed by atoms with Crippen molar-refractivity contribution in [3.8, 4) is 0 Å². The van der Waals surface area contributed by atoms with E-state index in [0.717, 1.165) is 12.2 Å². The Balaban J connectivity index is 1.67. The minimum atomic E-state index is -0.845. The number of carbonyl (C=O) groups is 2. The molecule has 112 valence electrons. The van der Waals surface area contributed by atoms with Gasteiger partial charge in [0.05, 0.1) is 18.2 Å². The summed E-state index contributed by atoms with van der Waals surface area (Å²) in [5, 5.41) is 9.04. The fourth-order valence-electron chi connectivity index (χ4n) is 3.09. The molecule has 1 N–H and O–H groups in total. The van der Waals surface area contributed by atoms with Crippen LogP contribution in [0.1, 0.15) is 17.3 Å². The van der Waals surface area contributed by atoms with E-state index in [2.05, 4.69) is 4.90 Å². The molecule has 0 bridgehead atoms. The normalized spacial score (nSPS) is 23.5.